The fourth-order valence-corrected chi connectivity index (χ4v) is 3.96. The summed E-state index contributed by atoms with van der Waals surface area (Å²) in [7, 11) is 0. The predicted octanol–water partition coefficient (Wildman–Crippen LogP) is 3.01. The molecule has 0 bridgehead atoms. The molecule has 9 heteroatoms. The highest BCUT2D eigenvalue weighted by Crippen LogP contribution is 2.29. The number of amides is 4. The molecule has 0 aliphatic carbocycles. The number of carbonyl (C=O) groups is 3. The van der Waals surface area contributed by atoms with Gasteiger partial charge in [-0.15, -0.1) is 0 Å². The van der Waals surface area contributed by atoms with Crippen molar-refractivity contribution < 1.29 is 24.2 Å². The van der Waals surface area contributed by atoms with E-state index in [1.165, 1.54) is 6.20 Å². The molecule has 1 atom stereocenters. The molecule has 0 saturated carbocycles. The lowest BCUT2D eigenvalue weighted by Gasteiger charge is -2.25. The second-order valence-electron chi connectivity index (χ2n) is 7.75. The monoisotopic (exact) mass is 460 g/mol. The number of ether oxygens (including phenoxy) is 1. The molecule has 9 nitrogen and oxygen atoms in total. The maximum Gasteiger partial charge on any atom is 0.321 e. The zero-order valence-electron chi connectivity index (χ0n) is 18.5. The van der Waals surface area contributed by atoms with Crippen LogP contribution in [-0.4, -0.2) is 46.5 Å². The van der Waals surface area contributed by atoms with Crippen molar-refractivity contribution in [3.05, 3.63) is 77.5 Å². The smallest absolute Gasteiger partial charge is 0.321 e. The minimum Gasteiger partial charge on any atom is -0.494 e. The van der Waals surface area contributed by atoms with Gasteiger partial charge in [0.05, 0.1) is 12.6 Å². The molecule has 4 amide bonds. The van der Waals surface area contributed by atoms with Crippen LogP contribution in [-0.2, 0) is 11.3 Å². The van der Waals surface area contributed by atoms with E-state index in [9.17, 15) is 19.5 Å². The number of pyridine rings is 1. The Kier molecular flexibility index (Phi) is 6.72. The van der Waals surface area contributed by atoms with Crippen LogP contribution in [0.2, 0.25) is 0 Å². The Morgan fingerprint density at radius 1 is 1.18 bits per heavy atom. The fraction of sp³-hybridized carbons (Fsp3) is 0.200. The van der Waals surface area contributed by atoms with Gasteiger partial charge < -0.3 is 20.1 Å². The number of rotatable bonds is 8. The molecule has 2 heterocycles. The SMILES string of the molecule is CCOc1ccc2c(c1)C(=O)N(C[C@H](NC(=O)NC=O)c1ccc(-c3ccnc(O)c3)cc1)C2. The van der Waals surface area contributed by atoms with Crippen molar-refractivity contribution in [2.24, 2.45) is 0 Å². The maximum absolute atomic E-state index is 13.1. The molecular weight excluding hydrogens is 436 g/mol. The van der Waals surface area contributed by atoms with Crippen molar-refractivity contribution in [2.45, 2.75) is 19.5 Å². The molecule has 1 aliphatic rings. The number of hydrogen-bond donors (Lipinski definition) is 3. The van der Waals surface area contributed by atoms with E-state index in [4.69, 9.17) is 4.74 Å². The summed E-state index contributed by atoms with van der Waals surface area (Å²) in [6.45, 7) is 3.00. The first-order chi connectivity index (χ1) is 16.5. The standard InChI is InChI=1S/C25H24N4O5/c1-2-34-20-8-7-19-13-29(24(32)21(19)12-20)14-22(28-25(33)27-15-30)17-5-3-16(4-6-17)18-9-10-26-23(31)11-18/h3-12,15,22H,2,13-14H2,1H3,(H,26,31)(H2,27,28,30,33)/t22-/m0/s1. The Hall–Kier alpha value is -4.40. The van der Waals surface area contributed by atoms with Crippen molar-refractivity contribution >= 4 is 18.3 Å². The number of imide groups is 1. The largest absolute Gasteiger partial charge is 0.494 e. The topological polar surface area (TPSA) is 121 Å². The number of nitrogens with one attached hydrogen (secondary N) is 2. The Bertz CT molecular complexity index is 1210. The summed E-state index contributed by atoms with van der Waals surface area (Å²) in [5, 5.41) is 14.5. The lowest BCUT2D eigenvalue weighted by molar-refractivity contribution is -0.108. The van der Waals surface area contributed by atoms with E-state index in [1.807, 2.05) is 43.3 Å². The van der Waals surface area contributed by atoms with Crippen LogP contribution < -0.4 is 15.4 Å². The van der Waals surface area contributed by atoms with Gasteiger partial charge in [-0.25, -0.2) is 9.78 Å². The van der Waals surface area contributed by atoms with E-state index in [0.717, 1.165) is 22.3 Å². The Morgan fingerprint density at radius 3 is 2.68 bits per heavy atom. The van der Waals surface area contributed by atoms with E-state index < -0.39 is 12.1 Å². The highest BCUT2D eigenvalue weighted by atomic mass is 16.5. The van der Waals surface area contributed by atoms with Crippen LogP contribution >= 0.6 is 0 Å². The molecule has 0 spiro atoms. The zero-order valence-corrected chi connectivity index (χ0v) is 18.5. The number of hydrogen-bond acceptors (Lipinski definition) is 6. The third kappa shape index (κ3) is 4.98. The molecule has 4 rings (SSSR count). The molecule has 0 saturated heterocycles. The van der Waals surface area contributed by atoms with Gasteiger partial charge in [-0.1, -0.05) is 30.3 Å². The van der Waals surface area contributed by atoms with Gasteiger partial charge in [-0.2, -0.15) is 0 Å². The number of urea groups is 1. The summed E-state index contributed by atoms with van der Waals surface area (Å²) >= 11 is 0. The highest BCUT2D eigenvalue weighted by Gasteiger charge is 2.30. The molecule has 1 aliphatic heterocycles. The number of nitrogens with zero attached hydrogens (tertiary/aromatic N) is 2. The Morgan fingerprint density at radius 2 is 1.97 bits per heavy atom. The van der Waals surface area contributed by atoms with E-state index in [0.29, 0.717) is 30.9 Å². The first kappa shape index (κ1) is 22.8. The summed E-state index contributed by atoms with van der Waals surface area (Å²) in [4.78, 5) is 41.4. The van der Waals surface area contributed by atoms with Crippen molar-refractivity contribution in [1.82, 2.24) is 20.5 Å². The van der Waals surface area contributed by atoms with Gasteiger partial charge in [0.15, 0.2) is 0 Å². The van der Waals surface area contributed by atoms with E-state index in [-0.39, 0.29) is 18.3 Å². The highest BCUT2D eigenvalue weighted by molar-refractivity contribution is 5.98. The summed E-state index contributed by atoms with van der Waals surface area (Å²) in [6, 6.07) is 14.9. The van der Waals surface area contributed by atoms with Crippen LogP contribution in [0.3, 0.4) is 0 Å². The lowest BCUT2D eigenvalue weighted by atomic mass is 10.0. The van der Waals surface area contributed by atoms with Gasteiger partial charge in [0, 0.05) is 30.9 Å². The Labute approximate surface area is 196 Å². The van der Waals surface area contributed by atoms with Crippen LogP contribution in [0.4, 0.5) is 4.79 Å². The molecule has 3 aromatic rings. The number of benzene rings is 2. The van der Waals surface area contributed by atoms with Crippen LogP contribution in [0.25, 0.3) is 11.1 Å². The first-order valence-corrected chi connectivity index (χ1v) is 10.8. The van der Waals surface area contributed by atoms with E-state index in [2.05, 4.69) is 15.6 Å². The normalized spacial score (nSPS) is 13.2. The Balaban J connectivity index is 1.56. The fourth-order valence-electron chi connectivity index (χ4n) is 3.96. The molecule has 1 aromatic heterocycles. The van der Waals surface area contributed by atoms with Gasteiger partial charge in [-0.3, -0.25) is 14.9 Å². The molecule has 174 valence electrons. The number of aromatic hydroxyl groups is 1. The van der Waals surface area contributed by atoms with Gasteiger partial charge in [0.1, 0.15) is 5.75 Å². The maximum atomic E-state index is 13.1. The van der Waals surface area contributed by atoms with Crippen LogP contribution in [0.15, 0.2) is 60.8 Å². The van der Waals surface area contributed by atoms with Crippen molar-refractivity contribution in [2.75, 3.05) is 13.2 Å². The molecule has 0 fully saturated rings. The number of carbonyl (C=O) groups excluding carboxylic acids is 3. The predicted molar refractivity (Wildman–Crippen MR) is 124 cm³/mol. The average Bonchev–Trinajstić information content (AvgIpc) is 3.14. The molecular formula is C25H24N4O5. The van der Waals surface area contributed by atoms with Gasteiger partial charge in [0.25, 0.3) is 5.91 Å². The van der Waals surface area contributed by atoms with Gasteiger partial charge in [-0.05, 0) is 47.4 Å². The van der Waals surface area contributed by atoms with E-state index in [1.54, 1.807) is 23.1 Å². The van der Waals surface area contributed by atoms with Gasteiger partial charge >= 0.3 is 6.03 Å². The number of fused-ring (bicyclic) bond motifs is 1. The summed E-state index contributed by atoms with van der Waals surface area (Å²) in [5.74, 6) is 0.406. The van der Waals surface area contributed by atoms with E-state index >= 15 is 0 Å². The van der Waals surface area contributed by atoms with Crippen molar-refractivity contribution in [1.29, 1.82) is 0 Å². The molecule has 3 N–H and O–H groups in total. The quantitative estimate of drug-likeness (QED) is 0.445. The molecule has 0 radical (unpaired) electrons. The van der Waals surface area contributed by atoms with Gasteiger partial charge in [0.2, 0.25) is 12.3 Å². The second-order valence-corrected chi connectivity index (χ2v) is 7.75. The second kappa shape index (κ2) is 10.0. The summed E-state index contributed by atoms with van der Waals surface area (Å²) in [6.07, 6.45) is 1.82. The lowest BCUT2D eigenvalue weighted by Crippen LogP contribution is -2.42. The third-order valence-electron chi connectivity index (χ3n) is 5.56. The minimum atomic E-state index is -0.661. The number of aromatic nitrogens is 1. The molecule has 0 unspecified atom stereocenters. The third-order valence-corrected chi connectivity index (χ3v) is 5.56. The minimum absolute atomic E-state index is 0.0775. The molecule has 2 aromatic carbocycles. The summed E-state index contributed by atoms with van der Waals surface area (Å²) < 4.78 is 5.51. The van der Waals surface area contributed by atoms with Crippen LogP contribution in [0.5, 0.6) is 11.6 Å². The van der Waals surface area contributed by atoms with Crippen LogP contribution in [0, 0.1) is 0 Å². The summed E-state index contributed by atoms with van der Waals surface area (Å²) in [5.41, 5.74) is 3.86. The average molecular weight is 460 g/mol. The zero-order chi connectivity index (χ0) is 24.1. The molecule has 34 heavy (non-hydrogen) atoms. The van der Waals surface area contributed by atoms with Crippen molar-refractivity contribution in [3.63, 3.8) is 0 Å². The van der Waals surface area contributed by atoms with Crippen molar-refractivity contribution in [3.8, 4) is 22.8 Å². The first-order valence-electron chi connectivity index (χ1n) is 10.8. The van der Waals surface area contributed by atoms with Crippen LogP contribution in [0.1, 0.15) is 34.5 Å².